The van der Waals surface area contributed by atoms with Gasteiger partial charge in [0.2, 0.25) is 10.0 Å². The van der Waals surface area contributed by atoms with Crippen LogP contribution in [-0.4, -0.2) is 37.7 Å². The topological polar surface area (TPSA) is 72.6 Å². The molecule has 110 valence electrons. The second kappa shape index (κ2) is 5.35. The van der Waals surface area contributed by atoms with Crippen LogP contribution in [0.15, 0.2) is 18.2 Å². The Kier molecular flexibility index (Phi) is 3.70. The molecule has 0 radical (unpaired) electrons. The summed E-state index contributed by atoms with van der Waals surface area (Å²) in [6, 6.07) is 5.77. The normalized spacial score (nSPS) is 23.7. The SMILES string of the molecule is Nc1cccc2c1CN(S(=O)(=O)CC1CCCO1)CC2. The van der Waals surface area contributed by atoms with Crippen molar-refractivity contribution in [3.8, 4) is 0 Å². The Morgan fingerprint density at radius 1 is 1.40 bits per heavy atom. The van der Waals surface area contributed by atoms with Crippen molar-refractivity contribution in [3.05, 3.63) is 29.3 Å². The second-order valence-corrected chi connectivity index (χ2v) is 7.50. The van der Waals surface area contributed by atoms with Gasteiger partial charge < -0.3 is 10.5 Å². The summed E-state index contributed by atoms with van der Waals surface area (Å²) in [6.07, 6.45) is 2.38. The van der Waals surface area contributed by atoms with E-state index >= 15 is 0 Å². The molecular weight excluding hydrogens is 276 g/mol. The third-order valence-electron chi connectivity index (χ3n) is 4.09. The molecule has 20 heavy (non-hydrogen) atoms. The fraction of sp³-hybridized carbons (Fsp3) is 0.571. The van der Waals surface area contributed by atoms with Crippen molar-refractivity contribution in [2.24, 2.45) is 0 Å². The van der Waals surface area contributed by atoms with E-state index in [1.807, 2.05) is 18.2 Å². The van der Waals surface area contributed by atoms with Gasteiger partial charge in [-0.3, -0.25) is 0 Å². The number of sulfonamides is 1. The van der Waals surface area contributed by atoms with E-state index in [2.05, 4.69) is 0 Å². The molecule has 1 fully saturated rings. The third-order valence-corrected chi connectivity index (χ3v) is 5.98. The maximum atomic E-state index is 12.5. The van der Waals surface area contributed by atoms with E-state index in [9.17, 15) is 8.42 Å². The van der Waals surface area contributed by atoms with Crippen LogP contribution >= 0.6 is 0 Å². The first kappa shape index (κ1) is 13.9. The van der Waals surface area contributed by atoms with Crippen LogP contribution in [0.25, 0.3) is 0 Å². The standard InChI is InChI=1S/C14H20N2O3S/c15-14-5-1-3-11-6-7-16(9-13(11)14)20(17,18)10-12-4-2-8-19-12/h1,3,5,12H,2,4,6-10,15H2. The van der Waals surface area contributed by atoms with Gasteiger partial charge in [0.25, 0.3) is 0 Å². The van der Waals surface area contributed by atoms with Crippen LogP contribution in [0.2, 0.25) is 0 Å². The summed E-state index contributed by atoms with van der Waals surface area (Å²) in [5, 5.41) is 0. The molecule has 2 aliphatic heterocycles. The van der Waals surface area contributed by atoms with Crippen LogP contribution < -0.4 is 5.73 Å². The molecule has 0 bridgehead atoms. The number of hydrogen-bond acceptors (Lipinski definition) is 4. The fourth-order valence-corrected chi connectivity index (χ4v) is 4.57. The highest BCUT2D eigenvalue weighted by Gasteiger charge is 2.31. The molecule has 2 N–H and O–H groups in total. The highest BCUT2D eigenvalue weighted by molar-refractivity contribution is 7.89. The minimum atomic E-state index is -3.27. The van der Waals surface area contributed by atoms with Gasteiger partial charge in [-0.15, -0.1) is 0 Å². The van der Waals surface area contributed by atoms with Crippen LogP contribution in [0.4, 0.5) is 5.69 Å². The molecule has 6 heteroatoms. The van der Waals surface area contributed by atoms with Crippen LogP contribution in [0.3, 0.4) is 0 Å². The molecule has 0 spiro atoms. The molecule has 1 unspecified atom stereocenters. The van der Waals surface area contributed by atoms with Crippen LogP contribution in [-0.2, 0) is 27.7 Å². The zero-order valence-corrected chi connectivity index (χ0v) is 12.2. The van der Waals surface area contributed by atoms with Crippen LogP contribution in [0, 0.1) is 0 Å². The Bertz CT molecular complexity index is 594. The van der Waals surface area contributed by atoms with Crippen LogP contribution in [0.1, 0.15) is 24.0 Å². The van der Waals surface area contributed by atoms with Gasteiger partial charge >= 0.3 is 0 Å². The number of nitrogen functional groups attached to an aromatic ring is 1. The van der Waals surface area contributed by atoms with Crippen molar-refractivity contribution in [3.63, 3.8) is 0 Å². The van der Waals surface area contributed by atoms with Gasteiger partial charge in [0.15, 0.2) is 0 Å². The Labute approximate surface area is 119 Å². The zero-order valence-electron chi connectivity index (χ0n) is 11.4. The maximum absolute atomic E-state index is 12.5. The molecule has 1 aromatic rings. The number of nitrogens with zero attached hydrogens (tertiary/aromatic N) is 1. The van der Waals surface area contributed by atoms with Crippen molar-refractivity contribution in [1.29, 1.82) is 0 Å². The largest absolute Gasteiger partial charge is 0.398 e. The van der Waals surface area contributed by atoms with E-state index in [1.165, 1.54) is 0 Å². The molecule has 1 saturated heterocycles. The van der Waals surface area contributed by atoms with Gasteiger partial charge in [-0.05, 0) is 36.5 Å². The first-order valence-electron chi connectivity index (χ1n) is 7.02. The van der Waals surface area contributed by atoms with Gasteiger partial charge in [-0.1, -0.05) is 12.1 Å². The number of rotatable bonds is 3. The highest BCUT2D eigenvalue weighted by Crippen LogP contribution is 2.27. The van der Waals surface area contributed by atoms with Crippen molar-refractivity contribution < 1.29 is 13.2 Å². The first-order valence-corrected chi connectivity index (χ1v) is 8.63. The molecule has 3 rings (SSSR count). The lowest BCUT2D eigenvalue weighted by atomic mass is 10.00. The molecule has 2 heterocycles. The minimum absolute atomic E-state index is 0.0923. The molecule has 0 amide bonds. The van der Waals surface area contributed by atoms with E-state index < -0.39 is 10.0 Å². The van der Waals surface area contributed by atoms with Crippen molar-refractivity contribution in [1.82, 2.24) is 4.31 Å². The molecular formula is C14H20N2O3S. The molecule has 0 saturated carbocycles. The number of fused-ring (bicyclic) bond motifs is 1. The average molecular weight is 296 g/mol. The van der Waals surface area contributed by atoms with Crippen molar-refractivity contribution in [2.75, 3.05) is 24.6 Å². The summed E-state index contributed by atoms with van der Waals surface area (Å²) in [7, 11) is -3.27. The van der Waals surface area contributed by atoms with E-state index in [0.717, 1.165) is 30.4 Å². The maximum Gasteiger partial charge on any atom is 0.216 e. The Morgan fingerprint density at radius 2 is 2.25 bits per heavy atom. The van der Waals surface area contributed by atoms with Gasteiger partial charge in [-0.2, -0.15) is 4.31 Å². The Balaban J connectivity index is 1.77. The number of anilines is 1. The lowest BCUT2D eigenvalue weighted by Gasteiger charge is -2.29. The molecule has 2 aliphatic rings. The summed E-state index contributed by atoms with van der Waals surface area (Å²) >= 11 is 0. The number of benzene rings is 1. The lowest BCUT2D eigenvalue weighted by molar-refractivity contribution is 0.126. The first-order chi connectivity index (χ1) is 9.56. The van der Waals surface area contributed by atoms with E-state index in [4.69, 9.17) is 10.5 Å². The van der Waals surface area contributed by atoms with E-state index in [1.54, 1.807) is 4.31 Å². The van der Waals surface area contributed by atoms with Crippen molar-refractivity contribution in [2.45, 2.75) is 31.9 Å². The minimum Gasteiger partial charge on any atom is -0.398 e. The highest BCUT2D eigenvalue weighted by atomic mass is 32.2. The molecule has 0 aromatic heterocycles. The van der Waals surface area contributed by atoms with Crippen molar-refractivity contribution >= 4 is 15.7 Å². The van der Waals surface area contributed by atoms with E-state index in [0.29, 0.717) is 25.4 Å². The number of nitrogens with two attached hydrogens (primary N) is 1. The smallest absolute Gasteiger partial charge is 0.216 e. The fourth-order valence-electron chi connectivity index (χ4n) is 2.94. The summed E-state index contributed by atoms with van der Waals surface area (Å²) in [4.78, 5) is 0. The third kappa shape index (κ3) is 2.68. The van der Waals surface area contributed by atoms with Gasteiger partial charge in [0.05, 0.1) is 11.9 Å². The molecule has 5 nitrogen and oxygen atoms in total. The summed E-state index contributed by atoms with van der Waals surface area (Å²) in [5.41, 5.74) is 8.76. The lowest BCUT2D eigenvalue weighted by Crippen LogP contribution is -2.40. The Morgan fingerprint density at radius 3 is 3.00 bits per heavy atom. The molecule has 1 atom stereocenters. The quantitative estimate of drug-likeness (QED) is 0.849. The summed E-state index contributed by atoms with van der Waals surface area (Å²) in [5.74, 6) is 0.0923. The summed E-state index contributed by atoms with van der Waals surface area (Å²) < 4.78 is 31.9. The van der Waals surface area contributed by atoms with Gasteiger partial charge in [-0.25, -0.2) is 8.42 Å². The second-order valence-electron chi connectivity index (χ2n) is 5.48. The molecule has 1 aromatic carbocycles. The monoisotopic (exact) mass is 296 g/mol. The van der Waals surface area contributed by atoms with Gasteiger partial charge in [0, 0.05) is 25.4 Å². The number of hydrogen-bond donors (Lipinski definition) is 1. The zero-order chi connectivity index (χ0) is 14.2. The predicted octanol–water partition coefficient (Wildman–Crippen LogP) is 1.14. The van der Waals surface area contributed by atoms with Gasteiger partial charge in [0.1, 0.15) is 0 Å². The van der Waals surface area contributed by atoms with E-state index in [-0.39, 0.29) is 11.9 Å². The summed E-state index contributed by atoms with van der Waals surface area (Å²) in [6.45, 7) is 1.60. The predicted molar refractivity (Wildman–Crippen MR) is 77.7 cm³/mol. The molecule has 0 aliphatic carbocycles. The van der Waals surface area contributed by atoms with Crippen LogP contribution in [0.5, 0.6) is 0 Å². The number of ether oxygens (including phenoxy) is 1. The average Bonchev–Trinajstić information content (AvgIpc) is 2.91. The Hall–Kier alpha value is -1.11.